The minimum absolute atomic E-state index is 0.0556. The Morgan fingerprint density at radius 1 is 1.22 bits per heavy atom. The molecule has 0 spiro atoms. The van der Waals surface area contributed by atoms with Crippen LogP contribution in [0.5, 0.6) is 0 Å². The van der Waals surface area contributed by atoms with E-state index >= 15 is 0 Å². The van der Waals surface area contributed by atoms with E-state index in [0.717, 1.165) is 16.9 Å². The Hall–Kier alpha value is -2.38. The van der Waals surface area contributed by atoms with Crippen LogP contribution in [0.4, 0.5) is 0 Å². The molecule has 140 valence electrons. The van der Waals surface area contributed by atoms with Gasteiger partial charge in [0.25, 0.3) is 0 Å². The standard InChI is InChI=1S/C20H22N4OS2/c1-3-15-6-8-16(9-7-15)13-24(2)19(25)14-27-20-21-18(22-23-20)11-10-17-5-4-12-26-17/h4-12H,3,13-14H2,1-2H3,(H,21,22,23)/b11-10+. The fraction of sp³-hybridized carbons (Fsp3) is 0.250. The number of nitrogens with zero attached hydrogens (tertiary/aromatic N) is 3. The summed E-state index contributed by atoms with van der Waals surface area (Å²) in [5.74, 6) is 1.05. The summed E-state index contributed by atoms with van der Waals surface area (Å²) in [5.41, 5.74) is 2.43. The van der Waals surface area contributed by atoms with Crippen molar-refractivity contribution in [3.8, 4) is 0 Å². The molecular formula is C20H22N4OS2. The van der Waals surface area contributed by atoms with Gasteiger partial charge in [-0.05, 0) is 41.1 Å². The van der Waals surface area contributed by atoms with Gasteiger partial charge in [-0.3, -0.25) is 9.89 Å². The number of thioether (sulfide) groups is 1. The highest BCUT2D eigenvalue weighted by Crippen LogP contribution is 2.16. The zero-order chi connectivity index (χ0) is 19.1. The lowest BCUT2D eigenvalue weighted by Gasteiger charge is -2.16. The molecule has 0 fully saturated rings. The van der Waals surface area contributed by atoms with Crippen LogP contribution in [0.1, 0.15) is 28.8 Å². The minimum Gasteiger partial charge on any atom is -0.341 e. The summed E-state index contributed by atoms with van der Waals surface area (Å²) in [6.07, 6.45) is 4.89. The Labute approximate surface area is 167 Å². The number of nitrogens with one attached hydrogen (secondary N) is 1. The van der Waals surface area contributed by atoms with Crippen LogP contribution in [0.2, 0.25) is 0 Å². The van der Waals surface area contributed by atoms with Gasteiger partial charge in [-0.25, -0.2) is 4.98 Å². The van der Waals surface area contributed by atoms with E-state index in [0.29, 0.717) is 23.3 Å². The second-order valence-corrected chi connectivity index (χ2v) is 7.98. The first kappa shape index (κ1) is 19.4. The number of carbonyl (C=O) groups is 1. The van der Waals surface area contributed by atoms with E-state index in [2.05, 4.69) is 46.4 Å². The molecule has 1 N–H and O–H groups in total. The molecule has 0 bridgehead atoms. The van der Waals surface area contributed by atoms with Gasteiger partial charge in [-0.15, -0.1) is 16.4 Å². The number of aromatic amines is 1. The molecule has 1 aromatic carbocycles. The Balaban J connectivity index is 1.48. The van der Waals surface area contributed by atoms with Crippen molar-refractivity contribution in [3.05, 3.63) is 63.6 Å². The third-order valence-electron chi connectivity index (χ3n) is 4.03. The van der Waals surface area contributed by atoms with Gasteiger partial charge in [0.05, 0.1) is 5.75 Å². The predicted octanol–water partition coefficient (Wildman–Crippen LogP) is 4.35. The number of hydrogen-bond acceptors (Lipinski definition) is 5. The first-order valence-corrected chi connectivity index (χ1v) is 10.6. The van der Waals surface area contributed by atoms with Gasteiger partial charge in [0.15, 0.2) is 0 Å². The van der Waals surface area contributed by atoms with Gasteiger partial charge in [-0.2, -0.15) is 0 Å². The molecule has 0 radical (unpaired) electrons. The number of benzene rings is 1. The quantitative estimate of drug-likeness (QED) is 0.573. The summed E-state index contributed by atoms with van der Waals surface area (Å²) in [7, 11) is 1.82. The lowest BCUT2D eigenvalue weighted by atomic mass is 10.1. The molecular weight excluding hydrogens is 376 g/mol. The maximum Gasteiger partial charge on any atom is 0.233 e. The third kappa shape index (κ3) is 5.80. The van der Waals surface area contributed by atoms with Crippen molar-refractivity contribution < 1.29 is 4.79 Å². The first-order chi connectivity index (χ1) is 13.1. The topological polar surface area (TPSA) is 61.9 Å². The molecule has 7 heteroatoms. The van der Waals surface area contributed by atoms with Crippen LogP contribution in [0.25, 0.3) is 12.2 Å². The highest BCUT2D eigenvalue weighted by Gasteiger charge is 2.12. The van der Waals surface area contributed by atoms with Gasteiger partial charge in [-0.1, -0.05) is 49.0 Å². The van der Waals surface area contributed by atoms with Gasteiger partial charge < -0.3 is 4.90 Å². The maximum atomic E-state index is 12.4. The number of thiophene rings is 1. The molecule has 27 heavy (non-hydrogen) atoms. The van der Waals surface area contributed by atoms with Crippen molar-refractivity contribution in [2.45, 2.75) is 25.0 Å². The fourth-order valence-corrected chi connectivity index (χ4v) is 3.79. The third-order valence-corrected chi connectivity index (χ3v) is 5.70. The molecule has 0 unspecified atom stereocenters. The second kappa shape index (κ2) is 9.53. The Morgan fingerprint density at radius 3 is 2.70 bits per heavy atom. The fourth-order valence-electron chi connectivity index (χ4n) is 2.42. The van der Waals surface area contributed by atoms with Gasteiger partial charge >= 0.3 is 0 Å². The van der Waals surface area contributed by atoms with Crippen molar-refractivity contribution >= 4 is 41.2 Å². The van der Waals surface area contributed by atoms with Crippen molar-refractivity contribution in [1.82, 2.24) is 20.1 Å². The molecule has 0 aliphatic rings. The number of H-pyrrole nitrogens is 1. The van der Waals surface area contributed by atoms with Crippen LogP contribution in [0, 0.1) is 0 Å². The lowest BCUT2D eigenvalue weighted by molar-refractivity contribution is -0.127. The van der Waals surface area contributed by atoms with Gasteiger partial charge in [0, 0.05) is 18.5 Å². The molecule has 2 heterocycles. The number of aromatic nitrogens is 3. The SMILES string of the molecule is CCc1ccc(CN(C)C(=O)CSc2n[nH]c(/C=C/c3cccs3)n2)cc1. The lowest BCUT2D eigenvalue weighted by Crippen LogP contribution is -2.27. The zero-order valence-electron chi connectivity index (χ0n) is 15.4. The van der Waals surface area contributed by atoms with Crippen LogP contribution in [-0.4, -0.2) is 38.8 Å². The monoisotopic (exact) mass is 398 g/mol. The summed E-state index contributed by atoms with van der Waals surface area (Å²) in [6, 6.07) is 12.4. The van der Waals surface area contributed by atoms with Crippen LogP contribution < -0.4 is 0 Å². The molecule has 1 amide bonds. The van der Waals surface area contributed by atoms with Crippen molar-refractivity contribution in [3.63, 3.8) is 0 Å². The summed E-state index contributed by atoms with van der Waals surface area (Å²) < 4.78 is 0. The van der Waals surface area contributed by atoms with E-state index in [1.807, 2.05) is 36.7 Å². The number of rotatable bonds is 8. The van der Waals surface area contributed by atoms with Crippen LogP contribution in [0.15, 0.2) is 46.9 Å². The van der Waals surface area contributed by atoms with Gasteiger partial charge in [0.2, 0.25) is 11.1 Å². The van der Waals surface area contributed by atoms with E-state index in [-0.39, 0.29) is 5.91 Å². The minimum atomic E-state index is 0.0556. The Bertz CT molecular complexity index is 885. The smallest absolute Gasteiger partial charge is 0.233 e. The highest BCUT2D eigenvalue weighted by molar-refractivity contribution is 7.99. The van der Waals surface area contributed by atoms with Crippen molar-refractivity contribution in [1.29, 1.82) is 0 Å². The molecule has 0 aliphatic heterocycles. The van der Waals surface area contributed by atoms with Crippen LogP contribution >= 0.6 is 23.1 Å². The Kier molecular flexibility index (Phi) is 6.84. The van der Waals surface area contributed by atoms with Gasteiger partial charge in [0.1, 0.15) is 5.82 Å². The average Bonchev–Trinajstić information content (AvgIpc) is 3.36. The molecule has 5 nitrogen and oxygen atoms in total. The normalized spacial score (nSPS) is 11.2. The summed E-state index contributed by atoms with van der Waals surface area (Å²) in [6.45, 7) is 2.74. The molecule has 0 saturated heterocycles. The van der Waals surface area contributed by atoms with E-state index in [1.54, 1.807) is 16.2 Å². The summed E-state index contributed by atoms with van der Waals surface area (Å²) >= 11 is 3.01. The molecule has 0 aliphatic carbocycles. The average molecular weight is 399 g/mol. The van der Waals surface area contributed by atoms with Crippen molar-refractivity contribution in [2.75, 3.05) is 12.8 Å². The maximum absolute atomic E-state index is 12.4. The van der Waals surface area contributed by atoms with Crippen LogP contribution in [0.3, 0.4) is 0 Å². The van der Waals surface area contributed by atoms with E-state index < -0.39 is 0 Å². The summed E-state index contributed by atoms with van der Waals surface area (Å²) in [4.78, 5) is 19.6. The number of hydrogen-bond donors (Lipinski definition) is 1. The molecule has 2 aromatic heterocycles. The second-order valence-electron chi connectivity index (χ2n) is 6.06. The number of carbonyl (C=O) groups excluding carboxylic acids is 1. The van der Waals surface area contributed by atoms with E-state index in [1.165, 1.54) is 17.3 Å². The largest absolute Gasteiger partial charge is 0.341 e. The van der Waals surface area contributed by atoms with E-state index in [4.69, 9.17) is 0 Å². The number of amides is 1. The summed E-state index contributed by atoms with van der Waals surface area (Å²) in [5, 5.41) is 9.65. The van der Waals surface area contributed by atoms with E-state index in [9.17, 15) is 4.79 Å². The van der Waals surface area contributed by atoms with Crippen molar-refractivity contribution in [2.24, 2.45) is 0 Å². The highest BCUT2D eigenvalue weighted by atomic mass is 32.2. The number of aryl methyl sites for hydroxylation is 1. The zero-order valence-corrected chi connectivity index (χ0v) is 17.0. The molecule has 0 saturated carbocycles. The first-order valence-electron chi connectivity index (χ1n) is 8.72. The molecule has 3 aromatic rings. The molecule has 3 rings (SSSR count). The molecule has 0 atom stereocenters. The predicted molar refractivity (Wildman–Crippen MR) is 113 cm³/mol. The Morgan fingerprint density at radius 2 is 2.00 bits per heavy atom. The van der Waals surface area contributed by atoms with Crippen LogP contribution in [-0.2, 0) is 17.8 Å².